The first kappa shape index (κ1) is 19.8. The van der Waals surface area contributed by atoms with Gasteiger partial charge in [-0.05, 0) is 72.3 Å². The van der Waals surface area contributed by atoms with Crippen LogP contribution in [0.5, 0.6) is 0 Å². The fraction of sp³-hybridized carbons (Fsp3) is 0.111. The summed E-state index contributed by atoms with van der Waals surface area (Å²) in [5, 5.41) is 5.62. The summed E-state index contributed by atoms with van der Waals surface area (Å²) in [5.41, 5.74) is 7.45. The van der Waals surface area contributed by atoms with E-state index >= 15 is 0 Å². The van der Waals surface area contributed by atoms with E-state index in [2.05, 4.69) is 62.7 Å². The molecule has 0 amide bonds. The number of hydrogen-bond acceptors (Lipinski definition) is 5. The average Bonchev–Trinajstić information content (AvgIpc) is 2.83. The van der Waals surface area contributed by atoms with E-state index in [-0.39, 0.29) is 0 Å². The van der Waals surface area contributed by atoms with Crippen molar-refractivity contribution in [3.63, 3.8) is 0 Å². The van der Waals surface area contributed by atoms with E-state index in [1.807, 2.05) is 50.6 Å². The first-order chi connectivity index (χ1) is 15.7. The van der Waals surface area contributed by atoms with Crippen molar-refractivity contribution >= 4 is 16.6 Å². The molecule has 5 aromatic rings. The van der Waals surface area contributed by atoms with Gasteiger partial charge in [-0.3, -0.25) is 15.0 Å². The summed E-state index contributed by atoms with van der Waals surface area (Å²) in [6.07, 6.45) is 7.33. The third-order valence-electron chi connectivity index (χ3n) is 5.56. The van der Waals surface area contributed by atoms with Crippen LogP contribution in [0.2, 0.25) is 0 Å². The lowest BCUT2D eigenvalue weighted by atomic mass is 10.0. The lowest BCUT2D eigenvalue weighted by molar-refractivity contribution is 1.12. The highest BCUT2D eigenvalue weighted by Gasteiger charge is 2.10. The molecular formula is C27H23N5. The lowest BCUT2D eigenvalue weighted by Gasteiger charge is -2.13. The minimum atomic E-state index is 0.669. The molecule has 0 aliphatic rings. The SMILES string of the molecule is Cc1cc(-c2ccc(CNc3nc(-c4cccnc4C)cc4ccncc34)cc2)ccn1. The number of aryl methyl sites for hydroxylation is 2. The van der Waals surface area contributed by atoms with Gasteiger partial charge in [-0.1, -0.05) is 24.3 Å². The van der Waals surface area contributed by atoms with Crippen molar-refractivity contribution < 1.29 is 0 Å². The molecule has 1 N–H and O–H groups in total. The van der Waals surface area contributed by atoms with Crippen molar-refractivity contribution in [2.45, 2.75) is 20.4 Å². The molecule has 5 nitrogen and oxygen atoms in total. The first-order valence-electron chi connectivity index (χ1n) is 10.6. The summed E-state index contributed by atoms with van der Waals surface area (Å²) < 4.78 is 0. The van der Waals surface area contributed by atoms with E-state index in [0.29, 0.717) is 6.54 Å². The van der Waals surface area contributed by atoms with Crippen molar-refractivity contribution in [1.82, 2.24) is 19.9 Å². The Hall–Kier alpha value is -4.12. The van der Waals surface area contributed by atoms with Crippen LogP contribution in [0.3, 0.4) is 0 Å². The van der Waals surface area contributed by atoms with E-state index in [9.17, 15) is 0 Å². The summed E-state index contributed by atoms with van der Waals surface area (Å²) in [4.78, 5) is 17.9. The Kier molecular flexibility index (Phi) is 5.30. The van der Waals surface area contributed by atoms with Gasteiger partial charge >= 0.3 is 0 Å². The van der Waals surface area contributed by atoms with E-state index in [1.54, 1.807) is 6.20 Å². The second kappa shape index (κ2) is 8.55. The van der Waals surface area contributed by atoms with Gasteiger partial charge < -0.3 is 5.32 Å². The molecule has 0 bridgehead atoms. The van der Waals surface area contributed by atoms with Crippen LogP contribution >= 0.6 is 0 Å². The van der Waals surface area contributed by atoms with Gasteiger partial charge in [-0.25, -0.2) is 4.98 Å². The number of aromatic nitrogens is 4. The normalized spacial score (nSPS) is 10.9. The molecule has 4 heterocycles. The van der Waals surface area contributed by atoms with Gasteiger partial charge in [0, 0.05) is 53.7 Å². The topological polar surface area (TPSA) is 63.6 Å². The Labute approximate surface area is 187 Å². The molecule has 0 aliphatic carbocycles. The Balaban J connectivity index is 1.43. The number of hydrogen-bond donors (Lipinski definition) is 1. The molecule has 0 aliphatic heterocycles. The molecule has 0 spiro atoms. The molecule has 156 valence electrons. The molecule has 0 saturated heterocycles. The molecule has 4 aromatic heterocycles. The predicted octanol–water partition coefficient (Wildman–Crippen LogP) is 5.98. The maximum Gasteiger partial charge on any atom is 0.136 e. The van der Waals surface area contributed by atoms with Crippen molar-refractivity contribution in [2.75, 3.05) is 5.32 Å². The van der Waals surface area contributed by atoms with Crippen LogP contribution < -0.4 is 5.32 Å². The number of nitrogens with zero attached hydrogens (tertiary/aromatic N) is 4. The highest BCUT2D eigenvalue weighted by molar-refractivity contribution is 5.94. The molecule has 0 unspecified atom stereocenters. The fourth-order valence-electron chi connectivity index (χ4n) is 3.84. The molecule has 0 radical (unpaired) electrons. The minimum absolute atomic E-state index is 0.669. The van der Waals surface area contributed by atoms with E-state index in [0.717, 1.165) is 39.2 Å². The molecule has 0 atom stereocenters. The highest BCUT2D eigenvalue weighted by Crippen LogP contribution is 2.29. The van der Waals surface area contributed by atoms with Gasteiger partial charge in [-0.15, -0.1) is 0 Å². The molecule has 32 heavy (non-hydrogen) atoms. The van der Waals surface area contributed by atoms with Crippen LogP contribution in [-0.4, -0.2) is 19.9 Å². The van der Waals surface area contributed by atoms with Crippen molar-refractivity contribution in [3.8, 4) is 22.4 Å². The molecule has 5 heteroatoms. The summed E-state index contributed by atoms with van der Waals surface area (Å²) >= 11 is 0. The van der Waals surface area contributed by atoms with Gasteiger partial charge in [0.15, 0.2) is 0 Å². The molecule has 1 aromatic carbocycles. The number of rotatable bonds is 5. The third-order valence-corrected chi connectivity index (χ3v) is 5.56. The minimum Gasteiger partial charge on any atom is -0.365 e. The van der Waals surface area contributed by atoms with Crippen LogP contribution in [0, 0.1) is 13.8 Å². The number of anilines is 1. The highest BCUT2D eigenvalue weighted by atomic mass is 15.0. The summed E-state index contributed by atoms with van der Waals surface area (Å²) in [5.74, 6) is 0.822. The van der Waals surface area contributed by atoms with Crippen LogP contribution in [-0.2, 0) is 6.54 Å². The predicted molar refractivity (Wildman–Crippen MR) is 129 cm³/mol. The van der Waals surface area contributed by atoms with Crippen molar-refractivity contribution in [2.24, 2.45) is 0 Å². The molecule has 5 rings (SSSR count). The number of pyridine rings is 4. The van der Waals surface area contributed by atoms with Gasteiger partial charge in [0.2, 0.25) is 0 Å². The van der Waals surface area contributed by atoms with Gasteiger partial charge in [-0.2, -0.15) is 0 Å². The van der Waals surface area contributed by atoms with Crippen molar-refractivity contribution in [3.05, 3.63) is 102 Å². The maximum absolute atomic E-state index is 4.92. The van der Waals surface area contributed by atoms with E-state index in [1.165, 1.54) is 16.7 Å². The number of nitrogens with one attached hydrogen (secondary N) is 1. The third kappa shape index (κ3) is 4.05. The van der Waals surface area contributed by atoms with Crippen LogP contribution in [0.1, 0.15) is 17.0 Å². The quantitative estimate of drug-likeness (QED) is 0.381. The zero-order chi connectivity index (χ0) is 21.9. The molecular weight excluding hydrogens is 394 g/mol. The summed E-state index contributed by atoms with van der Waals surface area (Å²) in [6.45, 7) is 4.68. The molecule has 0 saturated carbocycles. The summed E-state index contributed by atoms with van der Waals surface area (Å²) in [6, 6.07) is 20.8. The second-order valence-corrected chi connectivity index (χ2v) is 7.83. The zero-order valence-electron chi connectivity index (χ0n) is 18.1. The smallest absolute Gasteiger partial charge is 0.136 e. The standard InChI is InChI=1S/C27H23N5/c1-18-14-22(10-13-29-18)21-7-5-20(6-8-21)16-31-27-25-17-28-12-9-23(25)15-26(32-27)24-4-3-11-30-19(24)2/h3-15,17H,16H2,1-2H3,(H,31,32). The van der Waals surface area contributed by atoms with Crippen LogP contribution in [0.4, 0.5) is 5.82 Å². The average molecular weight is 418 g/mol. The number of benzene rings is 1. The first-order valence-corrected chi connectivity index (χ1v) is 10.6. The Bertz CT molecular complexity index is 1390. The monoisotopic (exact) mass is 417 g/mol. The second-order valence-electron chi connectivity index (χ2n) is 7.83. The van der Waals surface area contributed by atoms with Crippen LogP contribution in [0.15, 0.2) is 85.5 Å². The van der Waals surface area contributed by atoms with E-state index in [4.69, 9.17) is 4.98 Å². The Morgan fingerprint density at radius 2 is 1.69 bits per heavy atom. The van der Waals surface area contributed by atoms with Gasteiger partial charge in [0.05, 0.1) is 5.69 Å². The Morgan fingerprint density at radius 1 is 0.812 bits per heavy atom. The van der Waals surface area contributed by atoms with Crippen LogP contribution in [0.25, 0.3) is 33.2 Å². The number of fused-ring (bicyclic) bond motifs is 1. The van der Waals surface area contributed by atoms with Crippen molar-refractivity contribution in [1.29, 1.82) is 0 Å². The zero-order valence-corrected chi connectivity index (χ0v) is 18.1. The lowest BCUT2D eigenvalue weighted by Crippen LogP contribution is -2.03. The Morgan fingerprint density at radius 3 is 2.50 bits per heavy atom. The maximum atomic E-state index is 4.92. The largest absolute Gasteiger partial charge is 0.365 e. The van der Waals surface area contributed by atoms with E-state index < -0.39 is 0 Å². The fourth-order valence-corrected chi connectivity index (χ4v) is 3.84. The molecule has 0 fully saturated rings. The summed E-state index contributed by atoms with van der Waals surface area (Å²) in [7, 11) is 0. The van der Waals surface area contributed by atoms with Gasteiger partial charge in [0.1, 0.15) is 5.82 Å². The van der Waals surface area contributed by atoms with Gasteiger partial charge in [0.25, 0.3) is 0 Å².